The zero-order valence-corrected chi connectivity index (χ0v) is 7.85. The summed E-state index contributed by atoms with van der Waals surface area (Å²) >= 11 is 0. The number of alkyl halides is 6. The number of hydrogen-bond acceptors (Lipinski definition) is 3. The lowest BCUT2D eigenvalue weighted by Crippen LogP contribution is -2.48. The Morgan fingerprint density at radius 2 is 1.53 bits per heavy atom. The summed E-state index contributed by atoms with van der Waals surface area (Å²) in [6.45, 7) is -1.05. The molecule has 0 saturated heterocycles. The highest BCUT2D eigenvalue weighted by Gasteiger charge is 2.61. The molecule has 0 radical (unpaired) electrons. The van der Waals surface area contributed by atoms with Crippen molar-refractivity contribution in [3.05, 3.63) is 0 Å². The molecule has 0 bridgehead atoms. The fourth-order valence-corrected chi connectivity index (χ4v) is 0.720. The van der Waals surface area contributed by atoms with E-state index in [2.05, 4.69) is 10.6 Å². The average Bonchev–Trinajstić information content (AvgIpc) is 1.96. The molecule has 0 fully saturated rings. The second-order valence-electron chi connectivity index (χ2n) is 2.74. The number of amides is 2. The summed E-state index contributed by atoms with van der Waals surface area (Å²) in [4.78, 5) is 24.4. The number of primary amides is 1. The second-order valence-corrected chi connectivity index (χ2v) is 2.74. The monoisotopic (exact) mass is 268 g/mol. The number of carbonyl (C=O) groups is 2. The number of nitrogens with two attached hydrogens (primary N) is 1. The lowest BCUT2D eigenvalue weighted by atomic mass is 10.1. The first-order chi connectivity index (χ1) is 7.46. The van der Waals surface area contributed by atoms with E-state index in [-0.39, 0.29) is 0 Å². The van der Waals surface area contributed by atoms with Crippen LogP contribution >= 0.6 is 0 Å². The van der Waals surface area contributed by atoms with Gasteiger partial charge in [0, 0.05) is 0 Å². The Morgan fingerprint density at radius 1 is 1.12 bits per heavy atom. The number of hydroxylamine groups is 1. The molecule has 0 atom stereocenters. The van der Waals surface area contributed by atoms with Crippen LogP contribution in [0.25, 0.3) is 0 Å². The van der Waals surface area contributed by atoms with Crippen LogP contribution in [-0.4, -0.2) is 30.8 Å². The predicted octanol–water partition coefficient (Wildman–Crippen LogP) is 0.260. The largest absolute Gasteiger partial charge is 0.409 e. The Hall–Kier alpha value is -1.52. The first-order valence-electron chi connectivity index (χ1n) is 3.79. The molecule has 3 N–H and O–H groups in total. The van der Waals surface area contributed by atoms with Gasteiger partial charge in [-0.2, -0.15) is 26.3 Å². The van der Waals surface area contributed by atoms with Crippen molar-refractivity contribution < 1.29 is 40.8 Å². The van der Waals surface area contributed by atoms with E-state index in [1.807, 2.05) is 0 Å². The van der Waals surface area contributed by atoms with Gasteiger partial charge < -0.3 is 5.73 Å². The fraction of sp³-hybridized carbons (Fsp3) is 0.667. The van der Waals surface area contributed by atoms with E-state index in [0.29, 0.717) is 0 Å². The normalized spacial score (nSPS) is 12.6. The molecule has 0 aliphatic carbocycles. The molecule has 0 aromatic heterocycles. The van der Waals surface area contributed by atoms with Crippen molar-refractivity contribution >= 4 is 11.8 Å². The van der Waals surface area contributed by atoms with Crippen LogP contribution in [0.15, 0.2) is 0 Å². The van der Waals surface area contributed by atoms with E-state index in [9.17, 15) is 35.9 Å². The number of halogens is 6. The third-order valence-corrected chi connectivity index (χ3v) is 1.30. The first-order valence-corrected chi connectivity index (χ1v) is 3.79. The number of hydrogen-bond donors (Lipinski definition) is 2. The molecule has 0 aromatic carbocycles. The van der Waals surface area contributed by atoms with Gasteiger partial charge in [-0.05, 0) is 0 Å². The van der Waals surface area contributed by atoms with Crippen LogP contribution in [0, 0.1) is 5.92 Å². The Kier molecular flexibility index (Phi) is 4.74. The van der Waals surface area contributed by atoms with E-state index < -0.39 is 36.7 Å². The van der Waals surface area contributed by atoms with Crippen molar-refractivity contribution in [3.63, 3.8) is 0 Å². The summed E-state index contributed by atoms with van der Waals surface area (Å²) in [5.74, 6) is -7.89. The highest BCUT2D eigenvalue weighted by Crippen LogP contribution is 2.39. The molecule has 0 heterocycles. The van der Waals surface area contributed by atoms with Crippen molar-refractivity contribution in [2.45, 2.75) is 12.4 Å². The molecule has 11 heteroatoms. The van der Waals surface area contributed by atoms with Crippen LogP contribution < -0.4 is 11.2 Å². The van der Waals surface area contributed by atoms with Gasteiger partial charge in [-0.3, -0.25) is 14.4 Å². The summed E-state index contributed by atoms with van der Waals surface area (Å²) in [5.41, 5.74) is 5.31. The van der Waals surface area contributed by atoms with E-state index in [1.54, 1.807) is 0 Å². The first kappa shape index (κ1) is 15.5. The van der Waals surface area contributed by atoms with Gasteiger partial charge in [-0.15, -0.1) is 0 Å². The van der Waals surface area contributed by atoms with E-state index >= 15 is 0 Å². The minimum atomic E-state index is -5.82. The number of rotatable bonds is 4. The zero-order chi connectivity index (χ0) is 13.9. The molecule has 5 nitrogen and oxygen atoms in total. The fourth-order valence-electron chi connectivity index (χ4n) is 0.720. The Balaban J connectivity index is 4.63. The van der Waals surface area contributed by atoms with Crippen LogP contribution in [0.3, 0.4) is 0 Å². The van der Waals surface area contributed by atoms with Crippen molar-refractivity contribution in [2.24, 2.45) is 11.7 Å². The molecule has 2 amide bonds. The highest BCUT2D eigenvalue weighted by atomic mass is 19.4. The molecule has 17 heavy (non-hydrogen) atoms. The molecular formula is C6H6F6N2O3. The van der Waals surface area contributed by atoms with E-state index in [0.717, 1.165) is 5.48 Å². The van der Waals surface area contributed by atoms with Gasteiger partial charge in [-0.1, -0.05) is 0 Å². The molecule has 0 saturated carbocycles. The maximum absolute atomic E-state index is 11.9. The molecule has 0 aromatic rings. The SMILES string of the molecule is NC(=O)CONC(=O)C(C(F)(F)F)C(F)(F)F. The third-order valence-electron chi connectivity index (χ3n) is 1.30. The quantitative estimate of drug-likeness (QED) is 0.567. The zero-order valence-electron chi connectivity index (χ0n) is 7.85. The lowest BCUT2D eigenvalue weighted by Gasteiger charge is -2.21. The van der Waals surface area contributed by atoms with Crippen LogP contribution in [-0.2, 0) is 14.4 Å². The topological polar surface area (TPSA) is 81.4 Å². The van der Waals surface area contributed by atoms with Crippen LogP contribution in [0.1, 0.15) is 0 Å². The van der Waals surface area contributed by atoms with Crippen molar-refractivity contribution in [3.8, 4) is 0 Å². The second kappa shape index (κ2) is 5.21. The van der Waals surface area contributed by atoms with Crippen molar-refractivity contribution in [2.75, 3.05) is 6.61 Å². The van der Waals surface area contributed by atoms with Crippen LogP contribution in [0.5, 0.6) is 0 Å². The lowest BCUT2D eigenvalue weighted by molar-refractivity contribution is -0.277. The Bertz CT molecular complexity index is 285. The highest BCUT2D eigenvalue weighted by molar-refractivity contribution is 5.80. The summed E-state index contributed by atoms with van der Waals surface area (Å²) in [7, 11) is 0. The molecule has 0 spiro atoms. The smallest absolute Gasteiger partial charge is 0.368 e. The summed E-state index contributed by atoms with van der Waals surface area (Å²) in [6, 6.07) is 0. The minimum Gasteiger partial charge on any atom is -0.368 e. The number of nitrogens with one attached hydrogen (secondary N) is 1. The van der Waals surface area contributed by atoms with Gasteiger partial charge in [-0.25, -0.2) is 5.48 Å². The molecule has 0 aliphatic rings. The molecule has 0 aliphatic heterocycles. The van der Waals surface area contributed by atoms with Crippen molar-refractivity contribution in [1.82, 2.24) is 5.48 Å². The van der Waals surface area contributed by atoms with Gasteiger partial charge in [0.2, 0.25) is 11.8 Å². The summed E-state index contributed by atoms with van der Waals surface area (Å²) in [6.07, 6.45) is -11.6. The average molecular weight is 268 g/mol. The van der Waals surface area contributed by atoms with E-state index in [1.165, 1.54) is 0 Å². The van der Waals surface area contributed by atoms with Crippen molar-refractivity contribution in [1.29, 1.82) is 0 Å². The molecule has 100 valence electrons. The van der Waals surface area contributed by atoms with Gasteiger partial charge in [0.25, 0.3) is 5.91 Å². The summed E-state index contributed by atoms with van der Waals surface area (Å²) in [5, 5.41) is 0. The Morgan fingerprint density at radius 3 is 1.82 bits per heavy atom. The molecular weight excluding hydrogens is 262 g/mol. The number of carbonyl (C=O) groups excluding carboxylic acids is 2. The maximum atomic E-state index is 11.9. The molecule has 0 unspecified atom stereocenters. The van der Waals surface area contributed by atoms with Crippen LogP contribution in [0.4, 0.5) is 26.3 Å². The van der Waals surface area contributed by atoms with Gasteiger partial charge in [0.05, 0.1) is 0 Å². The van der Waals surface area contributed by atoms with Crippen LogP contribution in [0.2, 0.25) is 0 Å². The molecule has 0 rings (SSSR count). The van der Waals surface area contributed by atoms with Gasteiger partial charge in [0.1, 0.15) is 0 Å². The van der Waals surface area contributed by atoms with Gasteiger partial charge >= 0.3 is 12.4 Å². The van der Waals surface area contributed by atoms with Gasteiger partial charge in [0.15, 0.2) is 6.61 Å². The predicted molar refractivity (Wildman–Crippen MR) is 38.9 cm³/mol. The third kappa shape index (κ3) is 5.38. The summed E-state index contributed by atoms with van der Waals surface area (Å²) < 4.78 is 71.5. The minimum absolute atomic E-state index is 0.847. The Labute approximate surface area is 89.8 Å². The maximum Gasteiger partial charge on any atom is 0.409 e. The standard InChI is InChI=1S/C6H6F6N2O3/c7-5(8,9)3(6(10,11)12)4(16)14-17-1-2(13)15/h3H,1H2,(H2,13,15)(H,14,16). The van der Waals surface area contributed by atoms with E-state index in [4.69, 9.17) is 0 Å².